The number of nitrogens with zero attached hydrogens (tertiary/aromatic N) is 1. The third kappa shape index (κ3) is 1.57. The molecule has 2 heterocycles. The van der Waals surface area contributed by atoms with E-state index in [0.717, 1.165) is 17.3 Å². The summed E-state index contributed by atoms with van der Waals surface area (Å²) < 4.78 is 5.98. The van der Waals surface area contributed by atoms with Crippen molar-refractivity contribution in [2.45, 2.75) is 25.9 Å². The van der Waals surface area contributed by atoms with Crippen LogP contribution in [0.2, 0.25) is 0 Å². The van der Waals surface area contributed by atoms with E-state index in [-0.39, 0.29) is 0 Å². The van der Waals surface area contributed by atoms with E-state index < -0.39 is 0 Å². The van der Waals surface area contributed by atoms with Crippen LogP contribution in [0.3, 0.4) is 0 Å². The van der Waals surface area contributed by atoms with E-state index in [9.17, 15) is 0 Å². The molecular weight excluding hydrogens is 218 g/mol. The van der Waals surface area contributed by atoms with Crippen LogP contribution in [0.15, 0.2) is 21.4 Å². The lowest BCUT2D eigenvalue weighted by molar-refractivity contribution is 0.0957. The van der Waals surface area contributed by atoms with Gasteiger partial charge >= 0.3 is 0 Å². The summed E-state index contributed by atoms with van der Waals surface area (Å²) in [5.74, 6) is 0. The fraction of sp³-hybridized carbons (Fsp3) is 0.556. The molecule has 0 spiro atoms. The minimum absolute atomic E-state index is 0.749. The average molecular weight is 230 g/mol. The Morgan fingerprint density at radius 1 is 1.75 bits per heavy atom. The highest BCUT2D eigenvalue weighted by atomic mass is 79.9. The van der Waals surface area contributed by atoms with Gasteiger partial charge in [0.1, 0.15) is 0 Å². The second-order valence-corrected chi connectivity index (χ2v) is 4.15. The van der Waals surface area contributed by atoms with Crippen molar-refractivity contribution in [2.24, 2.45) is 0 Å². The monoisotopic (exact) mass is 229 g/mol. The van der Waals surface area contributed by atoms with Crippen LogP contribution in [0.4, 0.5) is 0 Å². The van der Waals surface area contributed by atoms with Gasteiger partial charge in [-0.15, -0.1) is 0 Å². The topological polar surface area (TPSA) is 16.4 Å². The zero-order valence-electron chi connectivity index (χ0n) is 7.09. The lowest BCUT2D eigenvalue weighted by Gasteiger charge is -2.38. The molecule has 1 aromatic rings. The maximum atomic E-state index is 5.16. The van der Waals surface area contributed by atoms with Crippen LogP contribution in [0, 0.1) is 0 Å². The van der Waals surface area contributed by atoms with Crippen molar-refractivity contribution in [1.82, 2.24) is 4.90 Å². The van der Waals surface area contributed by atoms with E-state index in [1.165, 1.54) is 18.5 Å². The zero-order valence-corrected chi connectivity index (χ0v) is 8.67. The van der Waals surface area contributed by atoms with E-state index in [4.69, 9.17) is 4.42 Å². The summed E-state index contributed by atoms with van der Waals surface area (Å²) in [5, 5.41) is 0. The summed E-state index contributed by atoms with van der Waals surface area (Å²) in [7, 11) is 0. The minimum Gasteiger partial charge on any atom is -0.457 e. The van der Waals surface area contributed by atoms with Crippen LogP contribution in [-0.4, -0.2) is 17.5 Å². The Morgan fingerprint density at radius 2 is 2.58 bits per heavy atom. The second kappa shape index (κ2) is 3.23. The molecule has 0 bridgehead atoms. The van der Waals surface area contributed by atoms with Gasteiger partial charge in [0.05, 0.1) is 6.26 Å². The Balaban J connectivity index is 1.95. The molecule has 0 aliphatic carbocycles. The molecule has 1 unspecified atom stereocenters. The molecule has 1 fully saturated rings. The number of likely N-dealkylation sites (tertiary alicyclic amines) is 1. The Hall–Kier alpha value is -0.280. The molecule has 2 rings (SSSR count). The molecule has 0 aromatic carbocycles. The lowest BCUT2D eigenvalue weighted by atomic mass is 10.0. The van der Waals surface area contributed by atoms with Gasteiger partial charge in [0.15, 0.2) is 4.67 Å². The molecule has 66 valence electrons. The van der Waals surface area contributed by atoms with Crippen molar-refractivity contribution in [3.05, 3.63) is 22.6 Å². The number of hydrogen-bond acceptors (Lipinski definition) is 2. The molecule has 2 nitrogen and oxygen atoms in total. The second-order valence-electron chi connectivity index (χ2n) is 3.37. The van der Waals surface area contributed by atoms with Crippen molar-refractivity contribution in [1.29, 1.82) is 0 Å². The van der Waals surface area contributed by atoms with Crippen LogP contribution in [0.1, 0.15) is 18.9 Å². The highest BCUT2D eigenvalue weighted by Crippen LogP contribution is 2.22. The fourth-order valence-electron chi connectivity index (χ4n) is 1.47. The Morgan fingerprint density at radius 3 is 3.00 bits per heavy atom. The zero-order chi connectivity index (χ0) is 8.55. The normalized spacial score (nSPS) is 24.0. The first-order valence-corrected chi connectivity index (χ1v) is 5.02. The summed E-state index contributed by atoms with van der Waals surface area (Å²) >= 11 is 3.29. The van der Waals surface area contributed by atoms with Crippen LogP contribution >= 0.6 is 15.9 Å². The van der Waals surface area contributed by atoms with Gasteiger partial charge in [-0.1, -0.05) is 0 Å². The predicted molar refractivity (Wildman–Crippen MR) is 50.9 cm³/mol. The van der Waals surface area contributed by atoms with Crippen LogP contribution in [-0.2, 0) is 6.54 Å². The first kappa shape index (κ1) is 8.32. The Kier molecular flexibility index (Phi) is 2.24. The SMILES string of the molecule is CC1CCN1Cc1coc(Br)c1. The van der Waals surface area contributed by atoms with Gasteiger partial charge in [-0.2, -0.15) is 0 Å². The molecule has 1 aromatic heterocycles. The van der Waals surface area contributed by atoms with Gasteiger partial charge < -0.3 is 4.42 Å². The Labute approximate surface area is 80.7 Å². The molecular formula is C9H12BrNO. The van der Waals surface area contributed by atoms with E-state index >= 15 is 0 Å². The molecule has 0 saturated carbocycles. The highest BCUT2D eigenvalue weighted by Gasteiger charge is 2.23. The van der Waals surface area contributed by atoms with E-state index in [0.29, 0.717) is 0 Å². The van der Waals surface area contributed by atoms with Crippen LogP contribution < -0.4 is 0 Å². The average Bonchev–Trinajstić information content (AvgIpc) is 2.44. The van der Waals surface area contributed by atoms with E-state index in [1.54, 1.807) is 0 Å². The number of furan rings is 1. The molecule has 0 radical (unpaired) electrons. The van der Waals surface area contributed by atoms with Gasteiger partial charge in [0.2, 0.25) is 0 Å². The maximum absolute atomic E-state index is 5.16. The molecule has 1 atom stereocenters. The maximum Gasteiger partial charge on any atom is 0.169 e. The van der Waals surface area contributed by atoms with Crippen molar-refractivity contribution >= 4 is 15.9 Å². The predicted octanol–water partition coefficient (Wildman–Crippen LogP) is 2.64. The van der Waals surface area contributed by atoms with Crippen molar-refractivity contribution < 1.29 is 4.42 Å². The third-order valence-corrected chi connectivity index (χ3v) is 2.88. The molecule has 1 aliphatic rings. The summed E-state index contributed by atoms with van der Waals surface area (Å²) in [5.41, 5.74) is 1.26. The fourth-order valence-corrected chi connectivity index (χ4v) is 1.86. The number of halogens is 1. The van der Waals surface area contributed by atoms with Gasteiger partial charge in [0, 0.05) is 24.7 Å². The van der Waals surface area contributed by atoms with Gasteiger partial charge in [0.25, 0.3) is 0 Å². The van der Waals surface area contributed by atoms with Gasteiger partial charge in [-0.25, -0.2) is 0 Å². The molecule has 0 N–H and O–H groups in total. The molecule has 0 amide bonds. The first-order valence-electron chi connectivity index (χ1n) is 4.22. The quantitative estimate of drug-likeness (QED) is 0.776. The van der Waals surface area contributed by atoms with Crippen LogP contribution in [0.25, 0.3) is 0 Å². The summed E-state index contributed by atoms with van der Waals surface area (Å²) in [6.07, 6.45) is 3.15. The lowest BCUT2D eigenvalue weighted by Crippen LogP contribution is -2.44. The number of hydrogen-bond donors (Lipinski definition) is 0. The highest BCUT2D eigenvalue weighted by molar-refractivity contribution is 9.10. The van der Waals surface area contributed by atoms with E-state index in [1.807, 2.05) is 12.3 Å². The summed E-state index contributed by atoms with van der Waals surface area (Å²) in [6, 6.07) is 2.78. The minimum atomic E-state index is 0.749. The third-order valence-electron chi connectivity index (χ3n) is 2.46. The van der Waals surface area contributed by atoms with Crippen molar-refractivity contribution in [3.63, 3.8) is 0 Å². The largest absolute Gasteiger partial charge is 0.457 e. The first-order chi connectivity index (χ1) is 5.75. The standard InChI is InChI=1S/C9H12BrNO/c1-7-2-3-11(7)5-8-4-9(10)12-6-8/h4,6-7H,2-3,5H2,1H3. The van der Waals surface area contributed by atoms with Crippen LogP contribution in [0.5, 0.6) is 0 Å². The Bertz CT molecular complexity index is 271. The number of rotatable bonds is 2. The summed E-state index contributed by atoms with van der Waals surface area (Å²) in [6.45, 7) is 4.51. The van der Waals surface area contributed by atoms with E-state index in [2.05, 4.69) is 27.8 Å². The van der Waals surface area contributed by atoms with Crippen molar-refractivity contribution in [2.75, 3.05) is 6.54 Å². The molecule has 12 heavy (non-hydrogen) atoms. The van der Waals surface area contributed by atoms with Gasteiger partial charge in [-0.05, 0) is 35.3 Å². The molecule has 1 saturated heterocycles. The van der Waals surface area contributed by atoms with Crippen molar-refractivity contribution in [3.8, 4) is 0 Å². The summed E-state index contributed by atoms with van der Waals surface area (Å²) in [4.78, 5) is 2.44. The molecule has 3 heteroatoms. The smallest absolute Gasteiger partial charge is 0.169 e. The molecule has 1 aliphatic heterocycles. The van der Waals surface area contributed by atoms with Gasteiger partial charge in [-0.3, -0.25) is 4.90 Å².